The zero-order chi connectivity index (χ0) is 13.0. The molecule has 1 aromatic carbocycles. The first-order chi connectivity index (χ1) is 8.66. The standard InChI is InChI=1S/C13H15N3OS/c1-9-4-10(13(14)17)2-3-11(9)5-15-6-12-7-16-8-18-12/h2-4,7-8,15H,5-6H2,1H3,(H2,14,17). The minimum absolute atomic E-state index is 0.387. The van der Waals surface area contributed by atoms with Gasteiger partial charge in [-0.3, -0.25) is 9.78 Å². The van der Waals surface area contributed by atoms with Crippen molar-refractivity contribution >= 4 is 17.2 Å². The van der Waals surface area contributed by atoms with E-state index in [9.17, 15) is 4.79 Å². The fraction of sp³-hybridized carbons (Fsp3) is 0.231. The molecule has 0 atom stereocenters. The van der Waals surface area contributed by atoms with Gasteiger partial charge in [-0.2, -0.15) is 0 Å². The van der Waals surface area contributed by atoms with Crippen molar-refractivity contribution in [3.8, 4) is 0 Å². The summed E-state index contributed by atoms with van der Waals surface area (Å²) in [4.78, 5) is 16.3. The molecule has 0 aliphatic rings. The normalized spacial score (nSPS) is 10.5. The van der Waals surface area contributed by atoms with Crippen LogP contribution in [0.15, 0.2) is 29.9 Å². The van der Waals surface area contributed by atoms with E-state index in [1.807, 2.05) is 30.8 Å². The Bertz CT molecular complexity index is 537. The number of rotatable bonds is 5. The highest BCUT2D eigenvalue weighted by Crippen LogP contribution is 2.11. The molecule has 18 heavy (non-hydrogen) atoms. The van der Waals surface area contributed by atoms with Gasteiger partial charge in [-0.1, -0.05) is 6.07 Å². The summed E-state index contributed by atoms with van der Waals surface area (Å²) in [6.07, 6.45) is 1.86. The van der Waals surface area contributed by atoms with Crippen LogP contribution >= 0.6 is 11.3 Å². The number of nitrogens with one attached hydrogen (secondary N) is 1. The van der Waals surface area contributed by atoms with Gasteiger partial charge in [0.1, 0.15) is 0 Å². The molecular formula is C13H15N3OS. The maximum atomic E-state index is 11.0. The number of nitrogens with two attached hydrogens (primary N) is 1. The van der Waals surface area contributed by atoms with Crippen molar-refractivity contribution in [1.29, 1.82) is 0 Å². The van der Waals surface area contributed by atoms with Crippen molar-refractivity contribution < 1.29 is 4.79 Å². The molecule has 0 fully saturated rings. The third-order valence-electron chi connectivity index (χ3n) is 2.73. The topological polar surface area (TPSA) is 68.0 Å². The zero-order valence-electron chi connectivity index (χ0n) is 10.1. The highest BCUT2D eigenvalue weighted by atomic mass is 32.1. The van der Waals surface area contributed by atoms with Gasteiger partial charge in [0.2, 0.25) is 5.91 Å². The number of aromatic nitrogens is 1. The molecule has 4 nitrogen and oxygen atoms in total. The van der Waals surface area contributed by atoms with E-state index in [0.29, 0.717) is 5.56 Å². The van der Waals surface area contributed by atoms with Gasteiger partial charge < -0.3 is 11.1 Å². The molecule has 1 amide bonds. The van der Waals surface area contributed by atoms with E-state index in [2.05, 4.69) is 10.3 Å². The molecule has 0 bridgehead atoms. The average molecular weight is 261 g/mol. The van der Waals surface area contributed by atoms with Gasteiger partial charge in [0.15, 0.2) is 0 Å². The lowest BCUT2D eigenvalue weighted by atomic mass is 10.0. The Kier molecular flexibility index (Phi) is 4.07. The largest absolute Gasteiger partial charge is 0.366 e. The highest BCUT2D eigenvalue weighted by molar-refractivity contribution is 7.09. The van der Waals surface area contributed by atoms with Crippen molar-refractivity contribution in [1.82, 2.24) is 10.3 Å². The Balaban J connectivity index is 1.95. The van der Waals surface area contributed by atoms with Crippen LogP contribution in [0.2, 0.25) is 0 Å². The van der Waals surface area contributed by atoms with Crippen molar-refractivity contribution in [3.05, 3.63) is 51.5 Å². The number of aryl methyl sites for hydroxylation is 1. The van der Waals surface area contributed by atoms with Gasteiger partial charge in [-0.05, 0) is 30.2 Å². The van der Waals surface area contributed by atoms with Crippen LogP contribution in [0.5, 0.6) is 0 Å². The van der Waals surface area contributed by atoms with Crippen LogP contribution in [-0.2, 0) is 13.1 Å². The average Bonchev–Trinajstić information content (AvgIpc) is 2.84. The number of primary amides is 1. The first-order valence-electron chi connectivity index (χ1n) is 5.64. The van der Waals surface area contributed by atoms with Crippen LogP contribution in [0.4, 0.5) is 0 Å². The van der Waals surface area contributed by atoms with Crippen molar-refractivity contribution in [2.75, 3.05) is 0 Å². The number of amides is 1. The minimum Gasteiger partial charge on any atom is -0.366 e. The number of nitrogens with zero attached hydrogens (tertiary/aromatic N) is 1. The van der Waals surface area contributed by atoms with Crippen molar-refractivity contribution in [3.63, 3.8) is 0 Å². The third-order valence-corrected chi connectivity index (χ3v) is 3.50. The summed E-state index contributed by atoms with van der Waals surface area (Å²) < 4.78 is 0. The predicted octanol–water partition coefficient (Wildman–Crippen LogP) is 1.84. The van der Waals surface area contributed by atoms with E-state index in [-0.39, 0.29) is 5.91 Å². The highest BCUT2D eigenvalue weighted by Gasteiger charge is 2.04. The number of carbonyl (C=O) groups is 1. The maximum absolute atomic E-state index is 11.0. The molecule has 3 N–H and O–H groups in total. The third kappa shape index (κ3) is 3.15. The molecule has 5 heteroatoms. The number of benzene rings is 1. The zero-order valence-corrected chi connectivity index (χ0v) is 11.0. The summed E-state index contributed by atoms with van der Waals surface area (Å²) in [6.45, 7) is 3.56. The number of hydrogen-bond acceptors (Lipinski definition) is 4. The quantitative estimate of drug-likeness (QED) is 0.863. The van der Waals surface area contributed by atoms with Gasteiger partial charge >= 0.3 is 0 Å². The van der Waals surface area contributed by atoms with Crippen molar-refractivity contribution in [2.45, 2.75) is 20.0 Å². The van der Waals surface area contributed by atoms with Gasteiger partial charge in [-0.25, -0.2) is 0 Å². The molecular weight excluding hydrogens is 246 g/mol. The summed E-state index contributed by atoms with van der Waals surface area (Å²) in [5.41, 5.74) is 9.86. The summed E-state index contributed by atoms with van der Waals surface area (Å²) in [5.74, 6) is -0.387. The fourth-order valence-electron chi connectivity index (χ4n) is 1.70. The van der Waals surface area contributed by atoms with Crippen LogP contribution in [0, 0.1) is 6.92 Å². The molecule has 2 aromatic rings. The molecule has 0 aliphatic heterocycles. The molecule has 0 spiro atoms. The first-order valence-corrected chi connectivity index (χ1v) is 6.52. The number of thiazole rings is 1. The molecule has 0 saturated heterocycles. The summed E-state index contributed by atoms with van der Waals surface area (Å²) >= 11 is 1.63. The smallest absolute Gasteiger partial charge is 0.248 e. The molecule has 0 radical (unpaired) electrons. The van der Waals surface area contributed by atoms with Crippen LogP contribution in [0.3, 0.4) is 0 Å². The lowest BCUT2D eigenvalue weighted by Gasteiger charge is -2.08. The second-order valence-corrected chi connectivity index (χ2v) is 5.05. The summed E-state index contributed by atoms with van der Waals surface area (Å²) in [5, 5.41) is 3.35. The molecule has 0 aliphatic carbocycles. The predicted molar refractivity (Wildman–Crippen MR) is 72.4 cm³/mol. The lowest BCUT2D eigenvalue weighted by Crippen LogP contribution is -2.14. The van der Waals surface area contributed by atoms with Gasteiger partial charge in [-0.15, -0.1) is 11.3 Å². The Hall–Kier alpha value is -1.72. The van der Waals surface area contributed by atoms with Gasteiger partial charge in [0.05, 0.1) is 5.51 Å². The first kappa shape index (κ1) is 12.7. The second-order valence-electron chi connectivity index (χ2n) is 4.08. The maximum Gasteiger partial charge on any atom is 0.248 e. The molecule has 94 valence electrons. The number of carbonyl (C=O) groups excluding carboxylic acids is 1. The lowest BCUT2D eigenvalue weighted by molar-refractivity contribution is 0.1000. The van der Waals surface area contributed by atoms with E-state index in [1.165, 1.54) is 10.4 Å². The van der Waals surface area contributed by atoms with Crippen molar-refractivity contribution in [2.24, 2.45) is 5.73 Å². The molecule has 1 aromatic heterocycles. The molecule has 0 unspecified atom stereocenters. The van der Waals surface area contributed by atoms with Crippen LogP contribution in [0.1, 0.15) is 26.4 Å². The summed E-state index contributed by atoms with van der Waals surface area (Å²) in [7, 11) is 0. The minimum atomic E-state index is -0.387. The van der Waals surface area contributed by atoms with E-state index in [1.54, 1.807) is 17.4 Å². The monoisotopic (exact) mass is 261 g/mol. The number of hydrogen-bond donors (Lipinski definition) is 2. The van der Waals surface area contributed by atoms with E-state index < -0.39 is 0 Å². The Morgan fingerprint density at radius 2 is 2.28 bits per heavy atom. The summed E-state index contributed by atoms with van der Waals surface area (Å²) in [6, 6.07) is 5.53. The van der Waals surface area contributed by atoms with E-state index >= 15 is 0 Å². The fourth-order valence-corrected chi connectivity index (χ4v) is 2.26. The van der Waals surface area contributed by atoms with Gasteiger partial charge in [0.25, 0.3) is 0 Å². The van der Waals surface area contributed by atoms with Crippen LogP contribution in [0.25, 0.3) is 0 Å². The van der Waals surface area contributed by atoms with E-state index in [0.717, 1.165) is 18.7 Å². The Morgan fingerprint density at radius 1 is 1.44 bits per heavy atom. The molecule has 0 saturated carbocycles. The van der Waals surface area contributed by atoms with Crippen LogP contribution in [-0.4, -0.2) is 10.9 Å². The Labute approximate surface area is 110 Å². The molecule has 2 rings (SSSR count). The SMILES string of the molecule is Cc1cc(C(N)=O)ccc1CNCc1cncs1. The van der Waals surface area contributed by atoms with E-state index in [4.69, 9.17) is 5.73 Å². The van der Waals surface area contributed by atoms with Crippen LogP contribution < -0.4 is 11.1 Å². The molecule has 1 heterocycles. The Morgan fingerprint density at radius 3 is 2.89 bits per heavy atom. The van der Waals surface area contributed by atoms with Gasteiger partial charge in [0, 0.05) is 29.7 Å². The second kappa shape index (κ2) is 5.75.